The number of nitrogens with two attached hydrogens (primary N) is 1. The zero-order valence-electron chi connectivity index (χ0n) is 15.1. The van der Waals surface area contributed by atoms with E-state index in [2.05, 4.69) is 29.4 Å². The molecule has 2 amide bonds. The Morgan fingerprint density at radius 1 is 1.15 bits per heavy atom. The Morgan fingerprint density at radius 3 is 2.38 bits per heavy atom. The number of morpholine rings is 1. The number of hydrogen-bond donors (Lipinski definition) is 3. The number of rotatable bonds is 6. The SMILES string of the molecule is CC1CN(Cc2ccccc2NC(=O)CNC(=O)CN)CC(C)O1.Cl.Cl. The molecule has 1 fully saturated rings. The Balaban J connectivity index is 0.00000312. The van der Waals surface area contributed by atoms with Crippen LogP contribution in [0.4, 0.5) is 5.69 Å². The van der Waals surface area contributed by atoms with Crippen molar-refractivity contribution in [3.63, 3.8) is 0 Å². The van der Waals surface area contributed by atoms with E-state index in [1.807, 2.05) is 24.3 Å². The van der Waals surface area contributed by atoms with E-state index in [0.717, 1.165) is 30.9 Å². The Kier molecular flexibility index (Phi) is 11.4. The molecule has 9 heteroatoms. The minimum absolute atomic E-state index is 0. The fraction of sp³-hybridized carbons (Fsp3) is 0.529. The molecule has 0 saturated carbocycles. The molecule has 1 saturated heterocycles. The molecule has 1 aromatic carbocycles. The van der Waals surface area contributed by atoms with Gasteiger partial charge in [0.15, 0.2) is 0 Å². The average Bonchev–Trinajstić information content (AvgIpc) is 2.53. The second-order valence-electron chi connectivity index (χ2n) is 6.14. The topological polar surface area (TPSA) is 96.7 Å². The lowest BCUT2D eigenvalue weighted by atomic mass is 10.1. The maximum atomic E-state index is 12.0. The number of hydrogen-bond acceptors (Lipinski definition) is 5. The summed E-state index contributed by atoms with van der Waals surface area (Å²) >= 11 is 0. The second-order valence-corrected chi connectivity index (χ2v) is 6.14. The standard InChI is InChI=1S/C17H26N4O3.2ClH/c1-12-9-21(10-13(2)24-12)11-14-5-3-4-6-15(14)20-17(23)8-19-16(22)7-18;;/h3-6,12-13H,7-11,18H2,1-2H3,(H,19,22)(H,20,23);2*1H. The normalized spacial score (nSPS) is 19.7. The van der Waals surface area contributed by atoms with E-state index in [9.17, 15) is 9.59 Å². The average molecular weight is 407 g/mol. The number of nitrogens with one attached hydrogen (secondary N) is 2. The van der Waals surface area contributed by atoms with Gasteiger partial charge in [-0.3, -0.25) is 14.5 Å². The zero-order chi connectivity index (χ0) is 17.5. The number of ether oxygens (including phenoxy) is 1. The van der Waals surface area contributed by atoms with Gasteiger partial charge in [0.1, 0.15) is 0 Å². The predicted octanol–water partition coefficient (Wildman–Crippen LogP) is 1.15. The molecule has 1 aliphatic rings. The third kappa shape index (κ3) is 7.88. The lowest BCUT2D eigenvalue weighted by molar-refractivity contribution is -0.123. The van der Waals surface area contributed by atoms with Gasteiger partial charge in [-0.2, -0.15) is 0 Å². The molecule has 0 aliphatic carbocycles. The van der Waals surface area contributed by atoms with Crippen LogP contribution in [0.2, 0.25) is 0 Å². The zero-order valence-corrected chi connectivity index (χ0v) is 16.7. The number of para-hydroxylation sites is 1. The first-order valence-corrected chi connectivity index (χ1v) is 8.20. The minimum Gasteiger partial charge on any atom is -0.373 e. The van der Waals surface area contributed by atoms with Crippen molar-refractivity contribution in [2.24, 2.45) is 5.73 Å². The molecule has 2 rings (SSSR count). The molecule has 7 nitrogen and oxygen atoms in total. The number of halogens is 2. The summed E-state index contributed by atoms with van der Waals surface area (Å²) in [5.74, 6) is -0.623. The van der Waals surface area contributed by atoms with Crippen molar-refractivity contribution < 1.29 is 14.3 Å². The van der Waals surface area contributed by atoms with Gasteiger partial charge in [-0.1, -0.05) is 18.2 Å². The largest absolute Gasteiger partial charge is 0.373 e. The van der Waals surface area contributed by atoms with Crippen LogP contribution in [0, 0.1) is 0 Å². The van der Waals surface area contributed by atoms with Crippen molar-refractivity contribution >= 4 is 42.3 Å². The summed E-state index contributed by atoms with van der Waals surface area (Å²) in [7, 11) is 0. The molecule has 1 aliphatic heterocycles. The maximum Gasteiger partial charge on any atom is 0.243 e. The highest BCUT2D eigenvalue weighted by Crippen LogP contribution is 2.20. The smallest absolute Gasteiger partial charge is 0.243 e. The Hall–Kier alpha value is -1.38. The lowest BCUT2D eigenvalue weighted by Crippen LogP contribution is -2.45. The van der Waals surface area contributed by atoms with Gasteiger partial charge >= 0.3 is 0 Å². The Labute approximate surface area is 166 Å². The van der Waals surface area contributed by atoms with Crippen LogP contribution in [-0.4, -0.2) is 55.1 Å². The molecule has 2 unspecified atom stereocenters. The highest BCUT2D eigenvalue weighted by atomic mass is 35.5. The second kappa shape index (κ2) is 12.1. The number of anilines is 1. The van der Waals surface area contributed by atoms with Crippen LogP contribution in [0.5, 0.6) is 0 Å². The third-order valence-corrected chi connectivity index (χ3v) is 3.81. The van der Waals surface area contributed by atoms with E-state index in [1.165, 1.54) is 0 Å². The number of benzene rings is 1. The van der Waals surface area contributed by atoms with Crippen LogP contribution in [-0.2, 0) is 20.9 Å². The molecular formula is C17H28Cl2N4O3. The van der Waals surface area contributed by atoms with E-state index in [4.69, 9.17) is 10.5 Å². The highest BCUT2D eigenvalue weighted by Gasteiger charge is 2.22. The molecule has 148 valence electrons. The van der Waals surface area contributed by atoms with Crippen molar-refractivity contribution in [2.45, 2.75) is 32.6 Å². The molecule has 1 aromatic rings. The lowest BCUT2D eigenvalue weighted by Gasteiger charge is -2.35. The van der Waals surface area contributed by atoms with Gasteiger partial charge in [-0.25, -0.2) is 0 Å². The maximum absolute atomic E-state index is 12.0. The summed E-state index contributed by atoms with van der Waals surface area (Å²) in [5.41, 5.74) is 7.00. The van der Waals surface area contributed by atoms with Crippen molar-refractivity contribution in [3.05, 3.63) is 29.8 Å². The summed E-state index contributed by atoms with van der Waals surface area (Å²) in [6.07, 6.45) is 0.393. The molecule has 0 spiro atoms. The molecule has 0 radical (unpaired) electrons. The molecule has 1 heterocycles. The van der Waals surface area contributed by atoms with Gasteiger partial charge in [0.25, 0.3) is 0 Å². The minimum atomic E-state index is -0.352. The van der Waals surface area contributed by atoms with Gasteiger partial charge in [-0.05, 0) is 25.5 Å². The molecule has 2 atom stereocenters. The van der Waals surface area contributed by atoms with Crippen LogP contribution >= 0.6 is 24.8 Å². The van der Waals surface area contributed by atoms with Crippen LogP contribution in [0.3, 0.4) is 0 Å². The van der Waals surface area contributed by atoms with Gasteiger partial charge in [0.2, 0.25) is 11.8 Å². The fourth-order valence-electron chi connectivity index (χ4n) is 2.88. The van der Waals surface area contributed by atoms with E-state index in [0.29, 0.717) is 0 Å². The molecular weight excluding hydrogens is 379 g/mol. The predicted molar refractivity (Wildman–Crippen MR) is 107 cm³/mol. The highest BCUT2D eigenvalue weighted by molar-refractivity contribution is 5.95. The summed E-state index contributed by atoms with van der Waals surface area (Å²) in [6.45, 7) is 6.38. The van der Waals surface area contributed by atoms with Crippen molar-refractivity contribution in [1.29, 1.82) is 0 Å². The molecule has 0 bridgehead atoms. The summed E-state index contributed by atoms with van der Waals surface area (Å²) in [5, 5.41) is 5.31. The first-order valence-electron chi connectivity index (χ1n) is 8.20. The number of carbonyl (C=O) groups is 2. The molecule has 4 N–H and O–H groups in total. The molecule has 26 heavy (non-hydrogen) atoms. The first-order chi connectivity index (χ1) is 11.5. The third-order valence-electron chi connectivity index (χ3n) is 3.81. The van der Waals surface area contributed by atoms with Crippen molar-refractivity contribution in [3.8, 4) is 0 Å². The fourth-order valence-corrected chi connectivity index (χ4v) is 2.88. The van der Waals surface area contributed by atoms with Crippen LogP contribution in [0.25, 0.3) is 0 Å². The van der Waals surface area contributed by atoms with Crippen LogP contribution in [0.15, 0.2) is 24.3 Å². The van der Waals surface area contributed by atoms with E-state index < -0.39 is 0 Å². The van der Waals surface area contributed by atoms with E-state index in [1.54, 1.807) is 0 Å². The van der Waals surface area contributed by atoms with Crippen molar-refractivity contribution in [1.82, 2.24) is 10.2 Å². The quantitative estimate of drug-likeness (QED) is 0.658. The van der Waals surface area contributed by atoms with Gasteiger partial charge in [-0.15, -0.1) is 24.8 Å². The van der Waals surface area contributed by atoms with Crippen molar-refractivity contribution in [2.75, 3.05) is 31.5 Å². The summed E-state index contributed by atoms with van der Waals surface area (Å²) < 4.78 is 5.75. The van der Waals surface area contributed by atoms with E-state index in [-0.39, 0.29) is 61.9 Å². The van der Waals surface area contributed by atoms with Gasteiger partial charge in [0, 0.05) is 25.3 Å². The van der Waals surface area contributed by atoms with E-state index >= 15 is 0 Å². The summed E-state index contributed by atoms with van der Waals surface area (Å²) in [4.78, 5) is 25.4. The number of carbonyl (C=O) groups excluding carboxylic acids is 2. The Bertz CT molecular complexity index is 579. The van der Waals surface area contributed by atoms with Crippen LogP contribution < -0.4 is 16.4 Å². The molecule has 0 aromatic heterocycles. The van der Waals surface area contributed by atoms with Crippen LogP contribution in [0.1, 0.15) is 19.4 Å². The summed E-state index contributed by atoms with van der Waals surface area (Å²) in [6, 6.07) is 7.70. The number of nitrogens with zero attached hydrogens (tertiary/aromatic N) is 1. The first kappa shape index (κ1) is 24.6. The van der Waals surface area contributed by atoms with Gasteiger partial charge < -0.3 is 21.1 Å². The monoisotopic (exact) mass is 406 g/mol. The number of amides is 2. The van der Waals surface area contributed by atoms with Gasteiger partial charge in [0.05, 0.1) is 25.3 Å². The Morgan fingerprint density at radius 2 is 1.77 bits per heavy atom.